The third kappa shape index (κ3) is 2.74. The topological polar surface area (TPSA) is 80.5 Å². The van der Waals surface area contributed by atoms with Gasteiger partial charge in [0.2, 0.25) is 11.0 Å². The Morgan fingerprint density at radius 1 is 1.27 bits per heavy atom. The molecule has 0 amide bonds. The Hall–Kier alpha value is -2.22. The van der Waals surface area contributed by atoms with Crippen LogP contribution in [0.3, 0.4) is 0 Å². The third-order valence-electron chi connectivity index (χ3n) is 3.33. The van der Waals surface area contributed by atoms with E-state index in [1.807, 2.05) is 0 Å². The molecule has 0 spiro atoms. The van der Waals surface area contributed by atoms with Crippen LogP contribution < -0.4 is 0 Å². The fourth-order valence-corrected chi connectivity index (χ4v) is 2.68. The highest BCUT2D eigenvalue weighted by atomic mass is 32.2. The minimum atomic E-state index is -0.331. The second kappa shape index (κ2) is 5.53. The first-order valence-electron chi connectivity index (χ1n) is 6.92. The molecule has 0 bridgehead atoms. The van der Waals surface area contributed by atoms with Gasteiger partial charge in [0, 0.05) is 5.92 Å². The van der Waals surface area contributed by atoms with Crippen molar-refractivity contribution in [3.05, 3.63) is 41.8 Å². The molecule has 1 aliphatic rings. The number of nitrogens with zero attached hydrogens (tertiary/aromatic N) is 4. The van der Waals surface area contributed by atoms with E-state index in [9.17, 15) is 4.39 Å². The lowest BCUT2D eigenvalue weighted by Gasteiger charge is -1.96. The molecule has 3 aromatic rings. The van der Waals surface area contributed by atoms with Gasteiger partial charge in [-0.05, 0) is 25.0 Å². The van der Waals surface area contributed by atoms with Crippen molar-refractivity contribution in [1.82, 2.24) is 25.3 Å². The van der Waals surface area contributed by atoms with Crippen LogP contribution in [0.25, 0.3) is 11.4 Å². The molecule has 6 nitrogen and oxygen atoms in total. The summed E-state index contributed by atoms with van der Waals surface area (Å²) in [5.41, 5.74) is 0.400. The molecule has 1 fully saturated rings. The number of rotatable bonds is 5. The number of thioether (sulfide) groups is 1. The monoisotopic (exact) mass is 317 g/mol. The van der Waals surface area contributed by atoms with E-state index in [0.717, 1.165) is 18.7 Å². The Morgan fingerprint density at radius 3 is 2.95 bits per heavy atom. The molecular formula is C14H12FN5OS. The third-order valence-corrected chi connectivity index (χ3v) is 4.18. The molecule has 0 aliphatic heterocycles. The van der Waals surface area contributed by atoms with Gasteiger partial charge in [-0.25, -0.2) is 9.37 Å². The van der Waals surface area contributed by atoms with E-state index >= 15 is 0 Å². The first-order chi connectivity index (χ1) is 10.8. The van der Waals surface area contributed by atoms with Gasteiger partial charge in [-0.15, -0.1) is 5.10 Å². The highest BCUT2D eigenvalue weighted by Crippen LogP contribution is 2.39. The van der Waals surface area contributed by atoms with Crippen molar-refractivity contribution < 1.29 is 8.91 Å². The molecule has 8 heteroatoms. The normalized spacial score (nSPS) is 14.4. The Morgan fingerprint density at radius 2 is 2.14 bits per heavy atom. The lowest BCUT2D eigenvalue weighted by atomic mass is 10.2. The molecule has 0 atom stereocenters. The number of aromatic amines is 1. The Balaban J connectivity index is 1.44. The van der Waals surface area contributed by atoms with Gasteiger partial charge in [0.05, 0.1) is 11.3 Å². The molecule has 4 rings (SSSR count). The van der Waals surface area contributed by atoms with Crippen LogP contribution in [0.15, 0.2) is 33.9 Å². The first-order valence-corrected chi connectivity index (χ1v) is 7.91. The maximum absolute atomic E-state index is 13.7. The minimum Gasteiger partial charge on any atom is -0.339 e. The molecule has 112 valence electrons. The molecule has 1 aromatic carbocycles. The van der Waals surface area contributed by atoms with E-state index in [2.05, 4.69) is 25.3 Å². The number of halogens is 1. The van der Waals surface area contributed by atoms with E-state index in [0.29, 0.717) is 34.0 Å². The van der Waals surface area contributed by atoms with Gasteiger partial charge in [0.1, 0.15) is 5.82 Å². The Kier molecular flexibility index (Phi) is 3.38. The maximum Gasteiger partial charge on any atom is 0.229 e. The van der Waals surface area contributed by atoms with Crippen LogP contribution in [0.1, 0.15) is 30.5 Å². The predicted octanol–water partition coefficient (Wildman–Crippen LogP) is 3.16. The van der Waals surface area contributed by atoms with Crippen LogP contribution >= 0.6 is 11.8 Å². The van der Waals surface area contributed by atoms with Crippen LogP contribution in [-0.4, -0.2) is 25.3 Å². The second-order valence-corrected chi connectivity index (χ2v) is 6.00. The molecule has 1 N–H and O–H groups in total. The number of benzene rings is 1. The van der Waals surface area contributed by atoms with Gasteiger partial charge in [0.25, 0.3) is 0 Å². The molecule has 1 aliphatic carbocycles. The summed E-state index contributed by atoms with van der Waals surface area (Å²) in [6, 6.07) is 6.44. The largest absolute Gasteiger partial charge is 0.339 e. The maximum atomic E-state index is 13.7. The fourth-order valence-electron chi connectivity index (χ4n) is 2.04. The zero-order valence-corrected chi connectivity index (χ0v) is 12.3. The zero-order valence-electron chi connectivity index (χ0n) is 11.5. The summed E-state index contributed by atoms with van der Waals surface area (Å²) in [7, 11) is 0. The summed E-state index contributed by atoms with van der Waals surface area (Å²) in [4.78, 5) is 8.62. The molecule has 22 heavy (non-hydrogen) atoms. The Labute approximate surface area is 129 Å². The van der Waals surface area contributed by atoms with Crippen molar-refractivity contribution in [1.29, 1.82) is 0 Å². The molecule has 0 saturated heterocycles. The van der Waals surface area contributed by atoms with Gasteiger partial charge in [-0.1, -0.05) is 29.1 Å². The van der Waals surface area contributed by atoms with E-state index in [1.165, 1.54) is 17.8 Å². The lowest BCUT2D eigenvalue weighted by molar-refractivity contribution is 0.375. The van der Waals surface area contributed by atoms with Gasteiger partial charge in [0.15, 0.2) is 11.6 Å². The average Bonchev–Trinajstić information content (AvgIpc) is 3.09. The van der Waals surface area contributed by atoms with Gasteiger partial charge in [-0.2, -0.15) is 4.98 Å². The minimum absolute atomic E-state index is 0.331. The van der Waals surface area contributed by atoms with Crippen molar-refractivity contribution in [3.8, 4) is 11.4 Å². The number of H-pyrrole nitrogens is 1. The summed E-state index contributed by atoms with van der Waals surface area (Å²) in [6.45, 7) is 0. The van der Waals surface area contributed by atoms with Gasteiger partial charge >= 0.3 is 0 Å². The number of aromatic nitrogens is 5. The van der Waals surface area contributed by atoms with Gasteiger partial charge < -0.3 is 4.52 Å². The lowest BCUT2D eigenvalue weighted by Crippen LogP contribution is -1.86. The summed E-state index contributed by atoms with van der Waals surface area (Å²) >= 11 is 1.38. The van der Waals surface area contributed by atoms with E-state index in [4.69, 9.17) is 4.52 Å². The molecule has 1 saturated carbocycles. The van der Waals surface area contributed by atoms with Crippen molar-refractivity contribution in [2.45, 2.75) is 29.7 Å². The quantitative estimate of drug-likeness (QED) is 0.728. The van der Waals surface area contributed by atoms with Crippen LogP contribution in [-0.2, 0) is 5.75 Å². The van der Waals surface area contributed by atoms with Crippen LogP contribution in [0, 0.1) is 5.82 Å². The summed E-state index contributed by atoms with van der Waals surface area (Å²) in [6.07, 6.45) is 2.25. The van der Waals surface area contributed by atoms with Crippen molar-refractivity contribution in [3.63, 3.8) is 0 Å². The van der Waals surface area contributed by atoms with Crippen molar-refractivity contribution in [2.75, 3.05) is 0 Å². The molecule has 2 aromatic heterocycles. The van der Waals surface area contributed by atoms with Crippen LogP contribution in [0.5, 0.6) is 0 Å². The average molecular weight is 317 g/mol. The summed E-state index contributed by atoms with van der Waals surface area (Å²) in [5, 5.41) is 11.3. The smallest absolute Gasteiger partial charge is 0.229 e. The number of nitrogens with one attached hydrogen (secondary N) is 1. The molecule has 2 heterocycles. The highest BCUT2D eigenvalue weighted by molar-refractivity contribution is 7.98. The van der Waals surface area contributed by atoms with Crippen LogP contribution in [0.2, 0.25) is 0 Å². The Bertz CT molecular complexity index is 798. The molecular weight excluding hydrogens is 305 g/mol. The highest BCUT2D eigenvalue weighted by Gasteiger charge is 2.29. The van der Waals surface area contributed by atoms with Crippen LogP contribution in [0.4, 0.5) is 4.39 Å². The van der Waals surface area contributed by atoms with Crippen molar-refractivity contribution in [2.24, 2.45) is 0 Å². The fraction of sp³-hybridized carbons (Fsp3) is 0.286. The van der Waals surface area contributed by atoms with Gasteiger partial charge in [-0.3, -0.25) is 5.10 Å². The molecule has 0 radical (unpaired) electrons. The summed E-state index contributed by atoms with van der Waals surface area (Å²) < 4.78 is 18.9. The number of hydrogen-bond donors (Lipinski definition) is 1. The second-order valence-electron chi connectivity index (χ2n) is 5.06. The predicted molar refractivity (Wildman–Crippen MR) is 77.6 cm³/mol. The van der Waals surface area contributed by atoms with Crippen molar-refractivity contribution >= 4 is 11.8 Å². The first kappa shape index (κ1) is 13.4. The SMILES string of the molecule is Fc1ccccc1-c1nc(SCc2noc(C3CC3)n2)n[nH]1. The van der Waals surface area contributed by atoms with E-state index < -0.39 is 0 Å². The van der Waals surface area contributed by atoms with E-state index in [1.54, 1.807) is 18.2 Å². The molecule has 0 unspecified atom stereocenters. The van der Waals surface area contributed by atoms with E-state index in [-0.39, 0.29) is 5.82 Å². The number of hydrogen-bond acceptors (Lipinski definition) is 6. The standard InChI is InChI=1S/C14H12FN5OS/c15-10-4-2-1-3-9(10)12-17-14(19-18-12)22-7-11-16-13(21-20-11)8-5-6-8/h1-4,8H,5-7H2,(H,17,18,19). The zero-order chi connectivity index (χ0) is 14.9. The summed E-state index contributed by atoms with van der Waals surface area (Å²) in [5.74, 6) is 2.39.